The van der Waals surface area contributed by atoms with Gasteiger partial charge in [0.25, 0.3) is 0 Å². The zero-order valence-corrected chi connectivity index (χ0v) is 12.9. The standard InChI is InChI=1S/C12H18BrN5O/c1-9-11(7-14-4-5-19-3)12(17(2)16-9)18-8-10(13)6-15-18/h6,8,14H,4-5,7H2,1-3H3. The first-order chi connectivity index (χ1) is 9.13. The smallest absolute Gasteiger partial charge is 0.156 e. The summed E-state index contributed by atoms with van der Waals surface area (Å²) in [6.45, 7) is 4.26. The molecular formula is C12H18BrN5O. The van der Waals surface area contributed by atoms with E-state index in [1.54, 1.807) is 13.3 Å². The van der Waals surface area contributed by atoms with Crippen molar-refractivity contribution >= 4 is 15.9 Å². The molecule has 0 saturated heterocycles. The van der Waals surface area contributed by atoms with Crippen LogP contribution < -0.4 is 5.32 Å². The molecule has 6 nitrogen and oxygen atoms in total. The number of halogens is 1. The Labute approximate surface area is 120 Å². The second-order valence-electron chi connectivity index (χ2n) is 4.28. The molecule has 0 unspecified atom stereocenters. The second-order valence-corrected chi connectivity index (χ2v) is 5.20. The predicted molar refractivity (Wildman–Crippen MR) is 76.3 cm³/mol. The molecule has 2 rings (SSSR count). The van der Waals surface area contributed by atoms with Crippen molar-refractivity contribution in [1.29, 1.82) is 0 Å². The van der Waals surface area contributed by atoms with E-state index in [0.717, 1.165) is 34.6 Å². The van der Waals surface area contributed by atoms with Gasteiger partial charge >= 0.3 is 0 Å². The first-order valence-electron chi connectivity index (χ1n) is 6.06. The molecule has 2 aromatic heterocycles. The molecule has 0 radical (unpaired) electrons. The second kappa shape index (κ2) is 6.31. The van der Waals surface area contributed by atoms with Gasteiger partial charge < -0.3 is 10.1 Å². The summed E-state index contributed by atoms with van der Waals surface area (Å²) in [5.41, 5.74) is 2.16. The van der Waals surface area contributed by atoms with Gasteiger partial charge in [0.15, 0.2) is 5.82 Å². The van der Waals surface area contributed by atoms with Crippen LogP contribution in [-0.2, 0) is 18.3 Å². The molecule has 19 heavy (non-hydrogen) atoms. The van der Waals surface area contributed by atoms with Crippen LogP contribution in [0.1, 0.15) is 11.3 Å². The first kappa shape index (κ1) is 14.2. The molecule has 0 bridgehead atoms. The van der Waals surface area contributed by atoms with E-state index >= 15 is 0 Å². The SMILES string of the molecule is COCCNCc1c(C)nn(C)c1-n1cc(Br)cn1. The van der Waals surface area contributed by atoms with Crippen LogP contribution >= 0.6 is 15.9 Å². The molecule has 0 aliphatic heterocycles. The van der Waals surface area contributed by atoms with Crippen LogP contribution in [0, 0.1) is 6.92 Å². The summed E-state index contributed by atoms with van der Waals surface area (Å²) in [6.07, 6.45) is 3.69. The van der Waals surface area contributed by atoms with E-state index < -0.39 is 0 Å². The van der Waals surface area contributed by atoms with Crippen molar-refractivity contribution in [3.8, 4) is 5.82 Å². The molecule has 0 amide bonds. The van der Waals surface area contributed by atoms with Crippen LogP contribution in [0.2, 0.25) is 0 Å². The summed E-state index contributed by atoms with van der Waals surface area (Å²) in [7, 11) is 3.63. The predicted octanol–water partition coefficient (Wildman–Crippen LogP) is 1.41. The van der Waals surface area contributed by atoms with Gasteiger partial charge in [-0.15, -0.1) is 0 Å². The van der Waals surface area contributed by atoms with Crippen molar-refractivity contribution in [3.05, 3.63) is 28.1 Å². The third-order valence-electron chi connectivity index (χ3n) is 2.87. The van der Waals surface area contributed by atoms with Crippen LogP contribution in [-0.4, -0.2) is 39.8 Å². The quantitative estimate of drug-likeness (QED) is 0.815. The van der Waals surface area contributed by atoms with E-state index in [1.165, 1.54) is 0 Å². The topological polar surface area (TPSA) is 56.9 Å². The highest BCUT2D eigenvalue weighted by atomic mass is 79.9. The molecule has 0 aliphatic carbocycles. The van der Waals surface area contributed by atoms with Crippen molar-refractivity contribution in [2.75, 3.05) is 20.3 Å². The van der Waals surface area contributed by atoms with E-state index in [4.69, 9.17) is 4.74 Å². The maximum absolute atomic E-state index is 5.03. The lowest BCUT2D eigenvalue weighted by Crippen LogP contribution is -2.20. The van der Waals surface area contributed by atoms with E-state index in [0.29, 0.717) is 6.61 Å². The summed E-state index contributed by atoms with van der Waals surface area (Å²) in [4.78, 5) is 0. The van der Waals surface area contributed by atoms with Gasteiger partial charge in [-0.25, -0.2) is 4.68 Å². The van der Waals surface area contributed by atoms with E-state index in [1.807, 2.05) is 29.5 Å². The van der Waals surface area contributed by atoms with Crippen molar-refractivity contribution in [1.82, 2.24) is 24.9 Å². The number of hydrogen-bond acceptors (Lipinski definition) is 4. The molecule has 0 spiro atoms. The van der Waals surface area contributed by atoms with E-state index in [-0.39, 0.29) is 0 Å². The fourth-order valence-electron chi connectivity index (χ4n) is 1.99. The summed E-state index contributed by atoms with van der Waals surface area (Å²) >= 11 is 3.41. The van der Waals surface area contributed by atoms with Crippen LogP contribution in [0.3, 0.4) is 0 Å². The Morgan fingerprint density at radius 1 is 1.47 bits per heavy atom. The highest BCUT2D eigenvalue weighted by Gasteiger charge is 2.15. The fourth-order valence-corrected chi connectivity index (χ4v) is 2.27. The maximum Gasteiger partial charge on any atom is 0.156 e. The highest BCUT2D eigenvalue weighted by molar-refractivity contribution is 9.10. The lowest BCUT2D eigenvalue weighted by atomic mass is 10.2. The van der Waals surface area contributed by atoms with Crippen LogP contribution in [0.25, 0.3) is 5.82 Å². The summed E-state index contributed by atoms with van der Waals surface area (Å²) < 4.78 is 9.66. The Balaban J connectivity index is 2.22. The van der Waals surface area contributed by atoms with E-state index in [2.05, 4.69) is 31.4 Å². The third-order valence-corrected chi connectivity index (χ3v) is 3.28. The molecule has 0 aliphatic rings. The summed E-state index contributed by atoms with van der Waals surface area (Å²) in [5.74, 6) is 0.980. The Morgan fingerprint density at radius 3 is 2.89 bits per heavy atom. The van der Waals surface area contributed by atoms with Crippen LogP contribution in [0.4, 0.5) is 0 Å². The average molecular weight is 328 g/mol. The molecule has 0 atom stereocenters. The molecule has 1 N–H and O–H groups in total. The zero-order valence-electron chi connectivity index (χ0n) is 11.4. The Morgan fingerprint density at radius 2 is 2.26 bits per heavy atom. The largest absolute Gasteiger partial charge is 0.383 e. The number of hydrogen-bond donors (Lipinski definition) is 1. The molecule has 2 heterocycles. The normalized spacial score (nSPS) is 11.2. The number of methoxy groups -OCH3 is 1. The lowest BCUT2D eigenvalue weighted by Gasteiger charge is -2.08. The minimum atomic E-state index is 0.696. The molecule has 104 valence electrons. The van der Waals surface area contributed by atoms with Gasteiger partial charge in [-0.1, -0.05) is 0 Å². The molecule has 0 aromatic carbocycles. The number of aromatic nitrogens is 4. The van der Waals surface area contributed by atoms with Gasteiger partial charge in [0.05, 0.1) is 23.0 Å². The van der Waals surface area contributed by atoms with Gasteiger partial charge in [0.2, 0.25) is 0 Å². The maximum atomic E-state index is 5.03. The lowest BCUT2D eigenvalue weighted by molar-refractivity contribution is 0.199. The molecular weight excluding hydrogens is 310 g/mol. The van der Waals surface area contributed by atoms with Crippen LogP contribution in [0.5, 0.6) is 0 Å². The number of ether oxygens (including phenoxy) is 1. The highest BCUT2D eigenvalue weighted by Crippen LogP contribution is 2.19. The zero-order chi connectivity index (χ0) is 13.8. The molecule has 0 saturated carbocycles. The average Bonchev–Trinajstić information content (AvgIpc) is 2.89. The fraction of sp³-hybridized carbons (Fsp3) is 0.500. The van der Waals surface area contributed by atoms with Gasteiger partial charge in [-0.3, -0.25) is 4.68 Å². The third kappa shape index (κ3) is 3.23. The minimum Gasteiger partial charge on any atom is -0.383 e. The monoisotopic (exact) mass is 327 g/mol. The van der Waals surface area contributed by atoms with Crippen molar-refractivity contribution in [2.45, 2.75) is 13.5 Å². The summed E-state index contributed by atoms with van der Waals surface area (Å²) in [5, 5.41) is 12.1. The van der Waals surface area contributed by atoms with Crippen molar-refractivity contribution in [3.63, 3.8) is 0 Å². The van der Waals surface area contributed by atoms with Gasteiger partial charge in [0, 0.05) is 39.0 Å². The Kier molecular flexibility index (Phi) is 4.73. The molecule has 2 aromatic rings. The van der Waals surface area contributed by atoms with Crippen molar-refractivity contribution in [2.24, 2.45) is 7.05 Å². The Bertz CT molecular complexity index is 548. The van der Waals surface area contributed by atoms with Gasteiger partial charge in [-0.2, -0.15) is 10.2 Å². The number of rotatable bonds is 6. The van der Waals surface area contributed by atoms with Gasteiger partial charge in [-0.05, 0) is 22.9 Å². The first-order valence-corrected chi connectivity index (χ1v) is 6.85. The number of nitrogens with zero attached hydrogens (tertiary/aromatic N) is 4. The molecule has 7 heteroatoms. The molecule has 0 fully saturated rings. The Hall–Kier alpha value is -1.18. The summed E-state index contributed by atoms with van der Waals surface area (Å²) in [6, 6.07) is 0. The number of nitrogens with one attached hydrogen (secondary N) is 1. The number of aryl methyl sites for hydroxylation is 2. The van der Waals surface area contributed by atoms with Crippen molar-refractivity contribution < 1.29 is 4.74 Å². The van der Waals surface area contributed by atoms with Gasteiger partial charge in [0.1, 0.15) is 0 Å². The minimum absolute atomic E-state index is 0.696. The van der Waals surface area contributed by atoms with Crippen LogP contribution in [0.15, 0.2) is 16.9 Å². The van der Waals surface area contributed by atoms with E-state index in [9.17, 15) is 0 Å².